The van der Waals surface area contributed by atoms with Gasteiger partial charge in [-0.15, -0.1) is 0 Å². The van der Waals surface area contributed by atoms with Crippen LogP contribution in [-0.4, -0.2) is 36.5 Å². The van der Waals surface area contributed by atoms with E-state index in [9.17, 15) is 13.2 Å². The lowest BCUT2D eigenvalue weighted by Gasteiger charge is -2.33. The molecular formula is C15H23F3N2S. The molecule has 2 nitrogen and oxygen atoms in total. The van der Waals surface area contributed by atoms with Gasteiger partial charge in [0, 0.05) is 18.6 Å². The maximum absolute atomic E-state index is 12.6. The van der Waals surface area contributed by atoms with E-state index in [1.54, 1.807) is 11.8 Å². The van der Waals surface area contributed by atoms with Crippen molar-refractivity contribution in [2.24, 2.45) is 5.73 Å². The highest BCUT2D eigenvalue weighted by molar-refractivity contribution is 7.98. The zero-order valence-electron chi connectivity index (χ0n) is 12.7. The van der Waals surface area contributed by atoms with E-state index in [0.717, 1.165) is 29.9 Å². The molecule has 0 radical (unpaired) electrons. The maximum Gasteiger partial charge on any atom is 0.416 e. The van der Waals surface area contributed by atoms with Crippen LogP contribution in [0.15, 0.2) is 24.3 Å². The number of nitrogens with two attached hydrogens (primary N) is 1. The van der Waals surface area contributed by atoms with E-state index in [1.165, 1.54) is 12.1 Å². The predicted octanol–water partition coefficient (Wildman–Crippen LogP) is 3.78. The first-order valence-electron chi connectivity index (χ1n) is 6.89. The minimum atomic E-state index is -4.30. The number of halogens is 3. The fourth-order valence-corrected chi connectivity index (χ4v) is 2.81. The number of hydrogen-bond acceptors (Lipinski definition) is 3. The predicted molar refractivity (Wildman–Crippen MR) is 83.5 cm³/mol. The van der Waals surface area contributed by atoms with Gasteiger partial charge in [-0.25, -0.2) is 0 Å². The molecule has 2 N–H and O–H groups in total. The number of thioether (sulfide) groups is 1. The lowest BCUT2D eigenvalue weighted by molar-refractivity contribution is -0.137. The quantitative estimate of drug-likeness (QED) is 0.829. The van der Waals surface area contributed by atoms with Crippen LogP contribution in [0.1, 0.15) is 30.5 Å². The lowest BCUT2D eigenvalue weighted by atomic mass is 10.0. The third kappa shape index (κ3) is 5.20. The van der Waals surface area contributed by atoms with Gasteiger partial charge in [-0.2, -0.15) is 24.9 Å². The highest BCUT2D eigenvalue weighted by atomic mass is 32.2. The molecule has 0 bridgehead atoms. The van der Waals surface area contributed by atoms with E-state index >= 15 is 0 Å². The van der Waals surface area contributed by atoms with Crippen LogP contribution in [0.2, 0.25) is 0 Å². The summed E-state index contributed by atoms with van der Waals surface area (Å²) in [5, 5.41) is 0. The van der Waals surface area contributed by atoms with Gasteiger partial charge in [0.1, 0.15) is 0 Å². The van der Waals surface area contributed by atoms with Gasteiger partial charge in [0.2, 0.25) is 0 Å². The first-order chi connectivity index (χ1) is 9.81. The average Bonchev–Trinajstić information content (AvgIpc) is 2.45. The van der Waals surface area contributed by atoms with Crippen LogP contribution < -0.4 is 5.73 Å². The van der Waals surface area contributed by atoms with Crippen molar-refractivity contribution in [2.75, 3.05) is 25.6 Å². The summed E-state index contributed by atoms with van der Waals surface area (Å²) in [6, 6.07) is 5.56. The van der Waals surface area contributed by atoms with Crippen LogP contribution in [0, 0.1) is 0 Å². The van der Waals surface area contributed by atoms with Crippen molar-refractivity contribution in [3.63, 3.8) is 0 Å². The number of benzene rings is 1. The van der Waals surface area contributed by atoms with Crippen LogP contribution in [0.5, 0.6) is 0 Å². The number of rotatable bonds is 7. The number of nitrogens with zero attached hydrogens (tertiary/aromatic N) is 1. The number of hydrogen-bond donors (Lipinski definition) is 1. The van der Waals surface area contributed by atoms with Gasteiger partial charge in [0.25, 0.3) is 0 Å². The van der Waals surface area contributed by atoms with Crippen LogP contribution >= 0.6 is 11.8 Å². The standard InChI is InChI=1S/C15H23F3N2S/c1-11(8-9-21-3)20(2)14(10-19)12-4-6-13(7-5-12)15(16,17)18/h4-7,11,14H,8-10,19H2,1-3H3. The summed E-state index contributed by atoms with van der Waals surface area (Å²) >= 11 is 1.78. The van der Waals surface area contributed by atoms with Gasteiger partial charge in [0.05, 0.1) is 5.56 Å². The topological polar surface area (TPSA) is 29.3 Å². The highest BCUT2D eigenvalue weighted by Gasteiger charge is 2.30. The summed E-state index contributed by atoms with van der Waals surface area (Å²) in [7, 11) is 1.97. The summed E-state index contributed by atoms with van der Waals surface area (Å²) in [6.07, 6.45) is -1.22. The second-order valence-corrected chi connectivity index (χ2v) is 6.15. The van der Waals surface area contributed by atoms with E-state index in [1.807, 2.05) is 7.05 Å². The normalized spacial score (nSPS) is 15.2. The summed E-state index contributed by atoms with van der Waals surface area (Å²) < 4.78 is 37.8. The Kier molecular flexibility index (Phi) is 7.03. The van der Waals surface area contributed by atoms with Crippen LogP contribution in [0.4, 0.5) is 13.2 Å². The van der Waals surface area contributed by atoms with Gasteiger partial charge >= 0.3 is 6.18 Å². The fraction of sp³-hybridized carbons (Fsp3) is 0.600. The van der Waals surface area contributed by atoms with E-state index < -0.39 is 11.7 Å². The molecule has 2 atom stereocenters. The molecular weight excluding hydrogens is 297 g/mol. The highest BCUT2D eigenvalue weighted by Crippen LogP contribution is 2.31. The summed E-state index contributed by atoms with van der Waals surface area (Å²) in [4.78, 5) is 2.14. The summed E-state index contributed by atoms with van der Waals surface area (Å²) in [5.74, 6) is 1.05. The van der Waals surface area contributed by atoms with Crippen molar-refractivity contribution in [3.8, 4) is 0 Å². The van der Waals surface area contributed by atoms with Crippen molar-refractivity contribution < 1.29 is 13.2 Å². The first-order valence-corrected chi connectivity index (χ1v) is 8.28. The van der Waals surface area contributed by atoms with Crippen molar-refractivity contribution in [2.45, 2.75) is 31.6 Å². The smallest absolute Gasteiger partial charge is 0.329 e. The van der Waals surface area contributed by atoms with E-state index in [-0.39, 0.29) is 6.04 Å². The van der Waals surface area contributed by atoms with Crippen molar-refractivity contribution in [1.29, 1.82) is 0 Å². The molecule has 0 spiro atoms. The molecule has 0 amide bonds. The molecule has 0 aromatic heterocycles. The van der Waals surface area contributed by atoms with E-state index in [2.05, 4.69) is 18.1 Å². The van der Waals surface area contributed by atoms with Gasteiger partial charge in [-0.3, -0.25) is 4.90 Å². The molecule has 0 saturated carbocycles. The lowest BCUT2D eigenvalue weighted by Crippen LogP contribution is -2.37. The first kappa shape index (κ1) is 18.3. The molecule has 120 valence electrons. The number of alkyl halides is 3. The van der Waals surface area contributed by atoms with Gasteiger partial charge in [0.15, 0.2) is 0 Å². The van der Waals surface area contributed by atoms with Crippen LogP contribution in [0.3, 0.4) is 0 Å². The Morgan fingerprint density at radius 1 is 1.24 bits per heavy atom. The minimum Gasteiger partial charge on any atom is -0.329 e. The Hall–Kier alpha value is -0.720. The Morgan fingerprint density at radius 3 is 2.24 bits per heavy atom. The molecule has 0 aliphatic rings. The molecule has 6 heteroatoms. The summed E-state index contributed by atoms with van der Waals surface area (Å²) in [5.41, 5.74) is 6.03. The molecule has 0 aliphatic carbocycles. The Morgan fingerprint density at radius 2 is 1.81 bits per heavy atom. The monoisotopic (exact) mass is 320 g/mol. The van der Waals surface area contributed by atoms with Crippen LogP contribution in [-0.2, 0) is 6.18 Å². The second-order valence-electron chi connectivity index (χ2n) is 5.17. The Balaban J connectivity index is 2.84. The van der Waals surface area contributed by atoms with Crippen molar-refractivity contribution in [3.05, 3.63) is 35.4 Å². The van der Waals surface area contributed by atoms with Crippen molar-refractivity contribution in [1.82, 2.24) is 4.90 Å². The fourth-order valence-electron chi connectivity index (χ4n) is 2.23. The molecule has 0 heterocycles. The largest absolute Gasteiger partial charge is 0.416 e. The molecule has 0 saturated heterocycles. The Bertz CT molecular complexity index is 420. The van der Waals surface area contributed by atoms with E-state index in [0.29, 0.717) is 12.6 Å². The SMILES string of the molecule is CSCCC(C)N(C)C(CN)c1ccc(C(F)(F)F)cc1. The summed E-state index contributed by atoms with van der Waals surface area (Å²) in [6.45, 7) is 2.49. The zero-order chi connectivity index (χ0) is 16.0. The van der Waals surface area contributed by atoms with E-state index in [4.69, 9.17) is 5.73 Å². The third-order valence-corrected chi connectivity index (χ3v) is 4.42. The van der Waals surface area contributed by atoms with Crippen molar-refractivity contribution >= 4 is 11.8 Å². The maximum atomic E-state index is 12.6. The third-order valence-electron chi connectivity index (χ3n) is 3.77. The van der Waals surface area contributed by atoms with Crippen LogP contribution in [0.25, 0.3) is 0 Å². The average molecular weight is 320 g/mol. The second kappa shape index (κ2) is 8.06. The minimum absolute atomic E-state index is 0.0656. The van der Waals surface area contributed by atoms with Gasteiger partial charge in [-0.05, 0) is 50.1 Å². The molecule has 1 aromatic rings. The van der Waals surface area contributed by atoms with Gasteiger partial charge < -0.3 is 5.73 Å². The van der Waals surface area contributed by atoms with Gasteiger partial charge in [-0.1, -0.05) is 12.1 Å². The molecule has 0 fully saturated rings. The molecule has 21 heavy (non-hydrogen) atoms. The Labute approximate surface area is 128 Å². The molecule has 1 rings (SSSR count). The zero-order valence-corrected chi connectivity index (χ0v) is 13.5. The molecule has 1 aromatic carbocycles. The molecule has 2 unspecified atom stereocenters. The number of likely N-dealkylation sites (N-methyl/N-ethyl adjacent to an activating group) is 1. The molecule has 0 aliphatic heterocycles.